The summed E-state index contributed by atoms with van der Waals surface area (Å²) in [5.74, 6) is -0.776. The van der Waals surface area contributed by atoms with Gasteiger partial charge in [0.25, 0.3) is 0 Å². The molecule has 0 aliphatic carbocycles. The number of aliphatic carboxylic acids is 1. The molecule has 17 heavy (non-hydrogen) atoms. The molecule has 0 aromatic rings. The minimum Gasteiger partial charge on any atom is -0.481 e. The molecule has 0 rings (SSSR count). The second-order valence-corrected chi connectivity index (χ2v) is 4.34. The third kappa shape index (κ3) is 11.6. The number of likely N-dealkylation sites (N-methyl/N-ethyl adjacent to an activating group) is 1. The van der Waals surface area contributed by atoms with E-state index < -0.39 is 12.1 Å². The quantitative estimate of drug-likeness (QED) is 0.532. The molecular weight excluding hydrogens is 222 g/mol. The lowest BCUT2D eigenvalue weighted by molar-refractivity contribution is -0.137. The lowest BCUT2D eigenvalue weighted by atomic mass is 10.3. The molecule has 0 bridgehead atoms. The second-order valence-electron chi connectivity index (χ2n) is 4.34. The van der Waals surface area contributed by atoms with Crippen LogP contribution in [0.15, 0.2) is 0 Å². The fourth-order valence-corrected chi connectivity index (χ4v) is 1.47. The minimum atomic E-state index is -0.776. The monoisotopic (exact) mass is 247 g/mol. The van der Waals surface area contributed by atoms with Crippen LogP contribution in [0.2, 0.25) is 0 Å². The van der Waals surface area contributed by atoms with Crippen LogP contribution in [0.5, 0.6) is 0 Å². The number of aliphatic hydroxyl groups is 1. The van der Waals surface area contributed by atoms with Gasteiger partial charge in [-0.1, -0.05) is 13.3 Å². The van der Waals surface area contributed by atoms with E-state index >= 15 is 0 Å². The molecule has 0 aromatic carbocycles. The molecule has 0 aliphatic heterocycles. The molecule has 0 spiro atoms. The first-order valence-corrected chi connectivity index (χ1v) is 6.22. The summed E-state index contributed by atoms with van der Waals surface area (Å²) >= 11 is 0. The van der Waals surface area contributed by atoms with Crippen LogP contribution in [0.3, 0.4) is 0 Å². The third-order valence-electron chi connectivity index (χ3n) is 2.41. The first-order valence-electron chi connectivity index (χ1n) is 6.22. The minimum absolute atomic E-state index is 0.174. The van der Waals surface area contributed by atoms with Crippen LogP contribution in [-0.4, -0.2) is 60.5 Å². The smallest absolute Gasteiger partial charge is 0.303 e. The van der Waals surface area contributed by atoms with Crippen LogP contribution in [0.25, 0.3) is 0 Å². The summed E-state index contributed by atoms with van der Waals surface area (Å²) in [4.78, 5) is 12.2. The van der Waals surface area contributed by atoms with Crippen molar-refractivity contribution < 1.29 is 19.7 Å². The van der Waals surface area contributed by atoms with E-state index in [2.05, 4.69) is 6.92 Å². The molecule has 5 heteroatoms. The van der Waals surface area contributed by atoms with E-state index in [1.807, 2.05) is 11.9 Å². The number of carboxylic acids is 1. The van der Waals surface area contributed by atoms with Gasteiger partial charge in [0.1, 0.15) is 0 Å². The van der Waals surface area contributed by atoms with Gasteiger partial charge in [-0.2, -0.15) is 0 Å². The summed E-state index contributed by atoms with van der Waals surface area (Å²) in [6, 6.07) is 0. The molecule has 0 aromatic heterocycles. The van der Waals surface area contributed by atoms with Crippen LogP contribution in [0.1, 0.15) is 32.6 Å². The van der Waals surface area contributed by atoms with Crippen molar-refractivity contribution in [3.05, 3.63) is 0 Å². The lowest BCUT2D eigenvalue weighted by Crippen LogP contribution is -2.33. The summed E-state index contributed by atoms with van der Waals surface area (Å²) in [6.45, 7) is 4.33. The Labute approximate surface area is 103 Å². The Kier molecular flexibility index (Phi) is 10.1. The van der Waals surface area contributed by atoms with Gasteiger partial charge < -0.3 is 19.8 Å². The highest BCUT2D eigenvalue weighted by atomic mass is 16.5. The van der Waals surface area contributed by atoms with Gasteiger partial charge in [-0.15, -0.1) is 0 Å². The number of unbranched alkanes of at least 4 members (excludes halogenated alkanes) is 1. The van der Waals surface area contributed by atoms with E-state index in [0.29, 0.717) is 32.7 Å². The normalized spacial score (nSPS) is 12.9. The Hall–Kier alpha value is -0.650. The fourth-order valence-electron chi connectivity index (χ4n) is 1.47. The van der Waals surface area contributed by atoms with Crippen LogP contribution >= 0.6 is 0 Å². The molecule has 0 saturated carbocycles. The van der Waals surface area contributed by atoms with Gasteiger partial charge in [0, 0.05) is 19.6 Å². The number of hydrogen-bond donors (Lipinski definition) is 2. The van der Waals surface area contributed by atoms with Crippen molar-refractivity contribution in [3.63, 3.8) is 0 Å². The predicted molar refractivity (Wildman–Crippen MR) is 66.1 cm³/mol. The van der Waals surface area contributed by atoms with E-state index in [1.165, 1.54) is 0 Å². The molecule has 5 nitrogen and oxygen atoms in total. The Morgan fingerprint density at radius 3 is 2.71 bits per heavy atom. The Bertz CT molecular complexity index is 199. The molecule has 0 aliphatic rings. The van der Waals surface area contributed by atoms with E-state index in [9.17, 15) is 9.90 Å². The molecule has 0 radical (unpaired) electrons. The van der Waals surface area contributed by atoms with Gasteiger partial charge in [-0.3, -0.25) is 4.79 Å². The molecule has 0 amide bonds. The van der Waals surface area contributed by atoms with Gasteiger partial charge in [0.15, 0.2) is 0 Å². The molecule has 0 heterocycles. The number of rotatable bonds is 11. The maximum atomic E-state index is 10.3. The molecule has 1 atom stereocenters. The van der Waals surface area contributed by atoms with Gasteiger partial charge in [-0.25, -0.2) is 0 Å². The zero-order valence-electron chi connectivity index (χ0n) is 10.9. The highest BCUT2D eigenvalue weighted by molar-refractivity contribution is 5.66. The average molecular weight is 247 g/mol. The number of aliphatic hydroxyl groups excluding tert-OH is 1. The van der Waals surface area contributed by atoms with Crippen LogP contribution in [-0.2, 0) is 9.53 Å². The maximum Gasteiger partial charge on any atom is 0.303 e. The van der Waals surface area contributed by atoms with Gasteiger partial charge in [0.2, 0.25) is 0 Å². The zero-order chi connectivity index (χ0) is 13.1. The number of nitrogens with zero attached hydrogens (tertiary/aromatic N) is 1. The molecule has 1 unspecified atom stereocenters. The Morgan fingerprint density at radius 1 is 1.41 bits per heavy atom. The summed E-state index contributed by atoms with van der Waals surface area (Å²) < 4.78 is 5.31. The second kappa shape index (κ2) is 10.5. The first kappa shape index (κ1) is 16.4. The Balaban J connectivity index is 3.44. The van der Waals surface area contributed by atoms with Gasteiger partial charge >= 0.3 is 5.97 Å². The molecule has 0 fully saturated rings. The summed E-state index contributed by atoms with van der Waals surface area (Å²) in [7, 11) is 1.87. The summed E-state index contributed by atoms with van der Waals surface area (Å²) in [5.41, 5.74) is 0. The number of carbonyl (C=O) groups is 1. The molecule has 0 saturated heterocycles. The largest absolute Gasteiger partial charge is 0.481 e. The van der Waals surface area contributed by atoms with Crippen LogP contribution in [0.4, 0.5) is 0 Å². The van der Waals surface area contributed by atoms with E-state index in [1.54, 1.807) is 0 Å². The molecule has 102 valence electrons. The zero-order valence-corrected chi connectivity index (χ0v) is 10.9. The van der Waals surface area contributed by atoms with Crippen LogP contribution < -0.4 is 0 Å². The lowest BCUT2D eigenvalue weighted by Gasteiger charge is -2.20. The van der Waals surface area contributed by atoms with E-state index in [-0.39, 0.29) is 6.42 Å². The van der Waals surface area contributed by atoms with Crippen molar-refractivity contribution in [1.29, 1.82) is 0 Å². The highest BCUT2D eigenvalue weighted by Crippen LogP contribution is 1.97. The van der Waals surface area contributed by atoms with Crippen molar-refractivity contribution in [3.8, 4) is 0 Å². The highest BCUT2D eigenvalue weighted by Gasteiger charge is 2.08. The summed E-state index contributed by atoms with van der Waals surface area (Å²) in [5, 5.41) is 18.1. The number of hydrogen-bond acceptors (Lipinski definition) is 4. The van der Waals surface area contributed by atoms with Gasteiger partial charge in [-0.05, 0) is 26.4 Å². The fraction of sp³-hybridized carbons (Fsp3) is 0.917. The summed E-state index contributed by atoms with van der Waals surface area (Å²) in [6.07, 6.45) is 2.39. The Morgan fingerprint density at radius 2 is 2.12 bits per heavy atom. The number of ether oxygens (including phenoxy) is 1. The maximum absolute atomic E-state index is 10.3. The average Bonchev–Trinajstić information content (AvgIpc) is 2.23. The topological polar surface area (TPSA) is 70.0 Å². The van der Waals surface area contributed by atoms with Crippen molar-refractivity contribution in [2.75, 3.05) is 33.4 Å². The van der Waals surface area contributed by atoms with Crippen molar-refractivity contribution in [1.82, 2.24) is 4.90 Å². The van der Waals surface area contributed by atoms with Gasteiger partial charge in [0.05, 0.1) is 12.7 Å². The van der Waals surface area contributed by atoms with E-state index in [0.717, 1.165) is 12.8 Å². The first-order chi connectivity index (χ1) is 8.06. The van der Waals surface area contributed by atoms with Crippen molar-refractivity contribution in [2.24, 2.45) is 0 Å². The van der Waals surface area contributed by atoms with Crippen LogP contribution in [0, 0.1) is 0 Å². The van der Waals surface area contributed by atoms with Crippen molar-refractivity contribution >= 4 is 5.97 Å². The molecular formula is C12H25NO4. The standard InChI is InChI=1S/C12H25NO4/c1-3-4-8-17-10-11(14)9-13(2)7-5-6-12(15)16/h11,14H,3-10H2,1-2H3,(H,15,16). The molecule has 2 N–H and O–H groups in total. The van der Waals surface area contributed by atoms with Crippen molar-refractivity contribution in [2.45, 2.75) is 38.7 Å². The van der Waals surface area contributed by atoms with E-state index in [4.69, 9.17) is 9.84 Å². The third-order valence-corrected chi connectivity index (χ3v) is 2.41. The number of carboxylic acid groups (broad SMARTS) is 1. The SMILES string of the molecule is CCCCOCC(O)CN(C)CCCC(=O)O. The predicted octanol–water partition coefficient (Wildman–Crippen LogP) is 0.961.